The maximum atomic E-state index is 12.5. The van der Waals surface area contributed by atoms with Gasteiger partial charge in [-0.25, -0.2) is 0 Å². The Labute approximate surface area is 123 Å². The molecule has 0 saturated heterocycles. The first-order valence-electron chi connectivity index (χ1n) is 7.15. The second-order valence-electron chi connectivity index (χ2n) is 5.46. The normalized spacial score (nSPS) is 15.6. The Kier molecular flexibility index (Phi) is 3.47. The maximum Gasteiger partial charge on any atom is 0.261 e. The minimum Gasteiger partial charge on any atom is -0.393 e. The molecule has 0 aromatic heterocycles. The molecular weight excluding hydrogens is 266 g/mol. The zero-order chi connectivity index (χ0) is 15.0. The SMILES string of the molecule is CC(O)CCCN1C(=O)c2cccc3cccc(c23)C1=O. The van der Waals surface area contributed by atoms with Crippen LogP contribution in [-0.4, -0.2) is 34.5 Å². The zero-order valence-electron chi connectivity index (χ0n) is 11.9. The highest BCUT2D eigenvalue weighted by atomic mass is 16.3. The molecule has 0 fully saturated rings. The van der Waals surface area contributed by atoms with E-state index in [4.69, 9.17) is 0 Å². The number of carbonyl (C=O) groups is 2. The first kappa shape index (κ1) is 13.8. The van der Waals surface area contributed by atoms with Crippen molar-refractivity contribution in [1.29, 1.82) is 0 Å². The third kappa shape index (κ3) is 2.32. The predicted molar refractivity (Wildman–Crippen MR) is 80.2 cm³/mol. The highest BCUT2D eigenvalue weighted by Gasteiger charge is 2.32. The topological polar surface area (TPSA) is 57.6 Å². The van der Waals surface area contributed by atoms with Crippen molar-refractivity contribution >= 4 is 22.6 Å². The van der Waals surface area contributed by atoms with E-state index in [-0.39, 0.29) is 11.8 Å². The van der Waals surface area contributed by atoms with Crippen molar-refractivity contribution in [3.05, 3.63) is 47.5 Å². The van der Waals surface area contributed by atoms with Gasteiger partial charge in [-0.1, -0.05) is 24.3 Å². The van der Waals surface area contributed by atoms with Gasteiger partial charge < -0.3 is 5.11 Å². The van der Waals surface area contributed by atoms with Crippen molar-refractivity contribution in [1.82, 2.24) is 4.90 Å². The van der Waals surface area contributed by atoms with E-state index in [0.29, 0.717) is 30.5 Å². The Morgan fingerprint density at radius 1 is 1.05 bits per heavy atom. The summed E-state index contributed by atoms with van der Waals surface area (Å²) in [4.78, 5) is 26.4. The number of rotatable bonds is 4. The minimum atomic E-state index is -0.421. The number of aliphatic hydroxyl groups excluding tert-OH is 1. The van der Waals surface area contributed by atoms with Crippen LogP contribution >= 0.6 is 0 Å². The molecule has 1 atom stereocenters. The van der Waals surface area contributed by atoms with Gasteiger partial charge in [0.2, 0.25) is 0 Å². The van der Waals surface area contributed by atoms with Gasteiger partial charge in [-0.2, -0.15) is 0 Å². The summed E-state index contributed by atoms with van der Waals surface area (Å²) < 4.78 is 0. The fourth-order valence-electron chi connectivity index (χ4n) is 2.83. The molecule has 2 amide bonds. The Morgan fingerprint density at radius 2 is 1.62 bits per heavy atom. The lowest BCUT2D eigenvalue weighted by atomic mass is 9.94. The molecule has 0 bridgehead atoms. The number of hydrogen-bond acceptors (Lipinski definition) is 3. The number of imide groups is 1. The standard InChI is InChI=1S/C17H17NO3/c1-11(19)5-4-10-18-16(20)13-8-2-6-12-7-3-9-14(15(12)13)17(18)21/h2-3,6-9,11,19H,4-5,10H2,1H3. The molecule has 1 aliphatic heterocycles. The molecule has 4 nitrogen and oxygen atoms in total. The van der Waals surface area contributed by atoms with Crippen molar-refractivity contribution in [2.45, 2.75) is 25.9 Å². The molecule has 1 N–H and O–H groups in total. The summed E-state index contributed by atoms with van der Waals surface area (Å²) in [5, 5.41) is 11.0. The van der Waals surface area contributed by atoms with Crippen LogP contribution in [0, 0.1) is 0 Å². The van der Waals surface area contributed by atoms with Gasteiger partial charge in [-0.05, 0) is 37.3 Å². The average molecular weight is 283 g/mol. The van der Waals surface area contributed by atoms with Gasteiger partial charge in [-0.3, -0.25) is 14.5 Å². The van der Waals surface area contributed by atoms with Crippen molar-refractivity contribution in [3.63, 3.8) is 0 Å². The molecule has 0 aliphatic carbocycles. The third-order valence-corrected chi connectivity index (χ3v) is 3.86. The first-order valence-corrected chi connectivity index (χ1v) is 7.15. The van der Waals surface area contributed by atoms with Crippen molar-refractivity contribution in [2.24, 2.45) is 0 Å². The van der Waals surface area contributed by atoms with Gasteiger partial charge in [0.05, 0.1) is 6.10 Å². The van der Waals surface area contributed by atoms with E-state index < -0.39 is 6.10 Å². The summed E-state index contributed by atoms with van der Waals surface area (Å²) in [6.45, 7) is 2.04. The van der Waals surface area contributed by atoms with E-state index in [2.05, 4.69) is 0 Å². The van der Waals surface area contributed by atoms with Gasteiger partial charge in [-0.15, -0.1) is 0 Å². The molecule has 0 saturated carbocycles. The van der Waals surface area contributed by atoms with Crippen LogP contribution in [0.3, 0.4) is 0 Å². The molecule has 0 radical (unpaired) electrons. The van der Waals surface area contributed by atoms with Gasteiger partial charge in [0, 0.05) is 23.1 Å². The first-order chi connectivity index (χ1) is 10.1. The monoisotopic (exact) mass is 283 g/mol. The predicted octanol–water partition coefficient (Wildman–Crippen LogP) is 2.60. The van der Waals surface area contributed by atoms with Crippen molar-refractivity contribution in [2.75, 3.05) is 6.54 Å². The smallest absolute Gasteiger partial charge is 0.261 e. The van der Waals surface area contributed by atoms with Gasteiger partial charge in [0.25, 0.3) is 11.8 Å². The minimum absolute atomic E-state index is 0.241. The Balaban J connectivity index is 1.99. The fraction of sp³-hybridized carbons (Fsp3) is 0.294. The molecule has 2 aromatic carbocycles. The molecule has 1 unspecified atom stereocenters. The largest absolute Gasteiger partial charge is 0.393 e. The Bertz CT molecular complexity index is 670. The Morgan fingerprint density at radius 3 is 2.14 bits per heavy atom. The van der Waals surface area contributed by atoms with Crippen LogP contribution in [0.1, 0.15) is 40.5 Å². The highest BCUT2D eigenvalue weighted by Crippen LogP contribution is 2.29. The lowest BCUT2D eigenvalue weighted by Crippen LogP contribution is -2.41. The van der Waals surface area contributed by atoms with Crippen molar-refractivity contribution in [3.8, 4) is 0 Å². The third-order valence-electron chi connectivity index (χ3n) is 3.86. The summed E-state index contributed by atoms with van der Waals surface area (Å²) >= 11 is 0. The lowest BCUT2D eigenvalue weighted by molar-refractivity contribution is 0.0599. The van der Waals surface area contributed by atoms with Gasteiger partial charge >= 0.3 is 0 Å². The van der Waals surface area contributed by atoms with E-state index in [9.17, 15) is 14.7 Å². The molecular formula is C17H17NO3. The van der Waals surface area contributed by atoms with E-state index in [1.807, 2.05) is 24.3 Å². The lowest BCUT2D eigenvalue weighted by Gasteiger charge is -2.27. The summed E-state index contributed by atoms with van der Waals surface area (Å²) in [5.41, 5.74) is 1.17. The fourth-order valence-corrected chi connectivity index (χ4v) is 2.83. The number of amides is 2. The van der Waals surface area contributed by atoms with Crippen LogP contribution in [0.25, 0.3) is 10.8 Å². The number of benzene rings is 2. The van der Waals surface area contributed by atoms with E-state index >= 15 is 0 Å². The highest BCUT2D eigenvalue weighted by molar-refractivity contribution is 6.25. The number of carbonyl (C=O) groups excluding carboxylic acids is 2. The van der Waals surface area contributed by atoms with Crippen LogP contribution in [-0.2, 0) is 0 Å². The van der Waals surface area contributed by atoms with Crippen molar-refractivity contribution < 1.29 is 14.7 Å². The summed E-state index contributed by atoms with van der Waals surface area (Å²) in [7, 11) is 0. The molecule has 3 rings (SSSR count). The van der Waals surface area contributed by atoms with Crippen LogP contribution in [0.2, 0.25) is 0 Å². The molecule has 2 aromatic rings. The second kappa shape index (κ2) is 5.30. The number of aliphatic hydroxyl groups is 1. The van der Waals surface area contributed by atoms with Gasteiger partial charge in [0.1, 0.15) is 0 Å². The number of hydrogen-bond donors (Lipinski definition) is 1. The summed E-state index contributed by atoms with van der Waals surface area (Å²) in [5.74, 6) is -0.482. The molecule has 4 heteroatoms. The molecule has 21 heavy (non-hydrogen) atoms. The van der Waals surface area contributed by atoms with Crippen LogP contribution in [0.4, 0.5) is 0 Å². The summed E-state index contributed by atoms with van der Waals surface area (Å²) in [6, 6.07) is 11.0. The summed E-state index contributed by atoms with van der Waals surface area (Å²) in [6.07, 6.45) is 0.756. The van der Waals surface area contributed by atoms with E-state index in [1.165, 1.54) is 4.90 Å². The molecule has 108 valence electrons. The average Bonchev–Trinajstić information content (AvgIpc) is 2.47. The molecule has 1 aliphatic rings. The van der Waals surface area contributed by atoms with Gasteiger partial charge in [0.15, 0.2) is 0 Å². The van der Waals surface area contributed by atoms with Crippen LogP contribution in [0.5, 0.6) is 0 Å². The second-order valence-corrected chi connectivity index (χ2v) is 5.46. The zero-order valence-corrected chi connectivity index (χ0v) is 11.9. The Hall–Kier alpha value is -2.20. The van der Waals surface area contributed by atoms with E-state index in [1.54, 1.807) is 19.1 Å². The van der Waals surface area contributed by atoms with Crippen LogP contribution in [0.15, 0.2) is 36.4 Å². The maximum absolute atomic E-state index is 12.5. The molecule has 1 heterocycles. The van der Waals surface area contributed by atoms with Crippen LogP contribution < -0.4 is 0 Å². The molecule has 0 spiro atoms. The quantitative estimate of drug-likeness (QED) is 0.877. The van der Waals surface area contributed by atoms with E-state index in [0.717, 1.165) is 10.8 Å². The number of nitrogens with zero attached hydrogens (tertiary/aromatic N) is 1.